The van der Waals surface area contributed by atoms with Gasteiger partial charge >= 0.3 is 0 Å². The van der Waals surface area contributed by atoms with Gasteiger partial charge in [-0.3, -0.25) is 0 Å². The second-order valence-electron chi connectivity index (χ2n) is 3.85. The van der Waals surface area contributed by atoms with Crippen LogP contribution in [0.5, 0.6) is 0 Å². The summed E-state index contributed by atoms with van der Waals surface area (Å²) in [6.07, 6.45) is 4.19. The van der Waals surface area contributed by atoms with E-state index in [4.69, 9.17) is 9.47 Å². The molecule has 0 aromatic carbocycles. The predicted octanol–water partition coefficient (Wildman–Crippen LogP) is 2.48. The van der Waals surface area contributed by atoms with Gasteiger partial charge in [0.1, 0.15) is 12.2 Å². The lowest BCUT2D eigenvalue weighted by atomic mass is 10.0. The summed E-state index contributed by atoms with van der Waals surface area (Å²) in [5.41, 5.74) is 2.06. The minimum absolute atomic E-state index is 0.0889. The predicted molar refractivity (Wildman–Crippen MR) is 58.2 cm³/mol. The van der Waals surface area contributed by atoms with E-state index in [9.17, 15) is 0 Å². The van der Waals surface area contributed by atoms with E-state index in [1.54, 1.807) is 0 Å². The fraction of sp³-hybridized carbons (Fsp3) is 0.500. The molecule has 78 valence electrons. The van der Waals surface area contributed by atoms with Gasteiger partial charge in [0.05, 0.1) is 13.2 Å². The van der Waals surface area contributed by atoms with Crippen LogP contribution in [0.25, 0.3) is 0 Å². The Hall–Kier alpha value is -0.860. The van der Waals surface area contributed by atoms with E-state index in [1.807, 2.05) is 26.0 Å². The van der Waals surface area contributed by atoms with Crippen molar-refractivity contribution >= 4 is 0 Å². The smallest absolute Gasteiger partial charge is 0.106 e. The zero-order valence-corrected chi connectivity index (χ0v) is 8.95. The van der Waals surface area contributed by atoms with Gasteiger partial charge < -0.3 is 9.47 Å². The van der Waals surface area contributed by atoms with Crippen molar-refractivity contribution in [3.63, 3.8) is 0 Å². The third-order valence-electron chi connectivity index (χ3n) is 1.86. The Bertz CT molecular complexity index is 227. The van der Waals surface area contributed by atoms with E-state index in [0.717, 1.165) is 11.1 Å². The van der Waals surface area contributed by atoms with Crippen LogP contribution in [-0.4, -0.2) is 25.4 Å². The molecule has 2 nitrogen and oxygen atoms in total. The van der Waals surface area contributed by atoms with Gasteiger partial charge in [-0.05, 0) is 13.8 Å². The SMILES string of the molecule is C=C(C)CO[C@@H]1C=C[C@H]1OCC(=C)C. The molecule has 0 amide bonds. The third-order valence-corrected chi connectivity index (χ3v) is 1.86. The summed E-state index contributed by atoms with van der Waals surface area (Å²) in [6.45, 7) is 12.7. The largest absolute Gasteiger partial charge is 0.367 e. The van der Waals surface area contributed by atoms with Crippen molar-refractivity contribution in [2.24, 2.45) is 0 Å². The van der Waals surface area contributed by atoms with Gasteiger partial charge in [-0.25, -0.2) is 0 Å². The summed E-state index contributed by atoms with van der Waals surface area (Å²) in [6, 6.07) is 0. The van der Waals surface area contributed by atoms with Crippen LogP contribution in [0.3, 0.4) is 0 Å². The average molecular weight is 194 g/mol. The van der Waals surface area contributed by atoms with E-state index in [-0.39, 0.29) is 12.2 Å². The average Bonchev–Trinajstić information content (AvgIpc) is 2.01. The normalized spacial score (nSPS) is 24.4. The fourth-order valence-electron chi connectivity index (χ4n) is 1.07. The van der Waals surface area contributed by atoms with Crippen LogP contribution < -0.4 is 0 Å². The van der Waals surface area contributed by atoms with Gasteiger partial charge in [-0.2, -0.15) is 0 Å². The Kier molecular flexibility index (Phi) is 4.11. The van der Waals surface area contributed by atoms with Crippen molar-refractivity contribution in [2.45, 2.75) is 26.1 Å². The first kappa shape index (κ1) is 11.2. The molecule has 1 rings (SSSR count). The quantitative estimate of drug-likeness (QED) is 0.605. The highest BCUT2D eigenvalue weighted by Gasteiger charge is 2.25. The minimum Gasteiger partial charge on any atom is -0.367 e. The summed E-state index contributed by atoms with van der Waals surface area (Å²) in [5.74, 6) is 0. The molecule has 1 aliphatic carbocycles. The van der Waals surface area contributed by atoms with Crippen molar-refractivity contribution in [1.82, 2.24) is 0 Å². The highest BCUT2D eigenvalue weighted by atomic mass is 16.5. The number of hydrogen-bond acceptors (Lipinski definition) is 2. The fourth-order valence-corrected chi connectivity index (χ4v) is 1.07. The van der Waals surface area contributed by atoms with E-state index >= 15 is 0 Å². The molecule has 2 atom stereocenters. The number of ether oxygens (including phenoxy) is 2. The standard InChI is InChI=1S/C12H18O2/c1-9(2)7-13-11-5-6-12(11)14-8-10(3)4/h5-6,11-12H,1,3,7-8H2,2,4H3/t11-,12-/m1/s1. The topological polar surface area (TPSA) is 18.5 Å². The van der Waals surface area contributed by atoms with Crippen LogP contribution >= 0.6 is 0 Å². The molecular formula is C12H18O2. The molecule has 0 unspecified atom stereocenters. The lowest BCUT2D eigenvalue weighted by molar-refractivity contribution is -0.0309. The van der Waals surface area contributed by atoms with Crippen LogP contribution in [0.1, 0.15) is 13.8 Å². The first-order valence-corrected chi connectivity index (χ1v) is 4.80. The zero-order chi connectivity index (χ0) is 10.6. The second kappa shape index (κ2) is 5.13. The molecule has 0 aromatic heterocycles. The monoisotopic (exact) mass is 194 g/mol. The molecule has 1 aliphatic rings. The van der Waals surface area contributed by atoms with E-state index in [2.05, 4.69) is 13.2 Å². The summed E-state index contributed by atoms with van der Waals surface area (Å²) < 4.78 is 11.1. The molecule has 14 heavy (non-hydrogen) atoms. The maximum absolute atomic E-state index is 5.54. The molecule has 0 fully saturated rings. The van der Waals surface area contributed by atoms with E-state index < -0.39 is 0 Å². The van der Waals surface area contributed by atoms with E-state index in [0.29, 0.717) is 13.2 Å². The molecule has 0 saturated carbocycles. The van der Waals surface area contributed by atoms with Gasteiger partial charge in [0.2, 0.25) is 0 Å². The highest BCUT2D eigenvalue weighted by molar-refractivity contribution is 5.14. The summed E-state index contributed by atoms with van der Waals surface area (Å²) in [5, 5.41) is 0. The highest BCUT2D eigenvalue weighted by Crippen LogP contribution is 2.18. The Morgan fingerprint density at radius 2 is 1.36 bits per heavy atom. The minimum atomic E-state index is 0.0889. The zero-order valence-electron chi connectivity index (χ0n) is 8.95. The molecule has 0 aromatic rings. The van der Waals surface area contributed by atoms with E-state index in [1.165, 1.54) is 0 Å². The van der Waals surface area contributed by atoms with Gasteiger partial charge in [0, 0.05) is 0 Å². The molecule has 0 spiro atoms. The first-order valence-electron chi connectivity index (χ1n) is 4.80. The molecule has 0 heterocycles. The van der Waals surface area contributed by atoms with Crippen molar-refractivity contribution in [2.75, 3.05) is 13.2 Å². The second-order valence-corrected chi connectivity index (χ2v) is 3.85. The lowest BCUT2D eigenvalue weighted by Gasteiger charge is -2.29. The van der Waals surface area contributed by atoms with Crippen LogP contribution in [0.2, 0.25) is 0 Å². The van der Waals surface area contributed by atoms with Gasteiger partial charge in [-0.15, -0.1) is 0 Å². The number of hydrogen-bond donors (Lipinski definition) is 0. The summed E-state index contributed by atoms with van der Waals surface area (Å²) >= 11 is 0. The Morgan fingerprint density at radius 1 is 1.00 bits per heavy atom. The van der Waals surface area contributed by atoms with Crippen molar-refractivity contribution in [1.29, 1.82) is 0 Å². The Labute approximate surface area is 85.9 Å². The summed E-state index contributed by atoms with van der Waals surface area (Å²) in [4.78, 5) is 0. The van der Waals surface area contributed by atoms with Gasteiger partial charge in [0.25, 0.3) is 0 Å². The lowest BCUT2D eigenvalue weighted by Crippen LogP contribution is -2.36. The van der Waals surface area contributed by atoms with Crippen LogP contribution in [-0.2, 0) is 9.47 Å². The molecule has 0 N–H and O–H groups in total. The Balaban J connectivity index is 2.19. The van der Waals surface area contributed by atoms with Crippen molar-refractivity contribution in [3.05, 3.63) is 36.5 Å². The molecule has 0 bridgehead atoms. The molecule has 0 saturated heterocycles. The van der Waals surface area contributed by atoms with Crippen LogP contribution in [0.15, 0.2) is 36.5 Å². The Morgan fingerprint density at radius 3 is 1.57 bits per heavy atom. The maximum Gasteiger partial charge on any atom is 0.106 e. The van der Waals surface area contributed by atoms with Gasteiger partial charge in [0.15, 0.2) is 0 Å². The first-order chi connectivity index (χ1) is 6.59. The van der Waals surface area contributed by atoms with Crippen LogP contribution in [0.4, 0.5) is 0 Å². The summed E-state index contributed by atoms with van der Waals surface area (Å²) in [7, 11) is 0. The van der Waals surface area contributed by atoms with Crippen molar-refractivity contribution < 1.29 is 9.47 Å². The number of rotatable bonds is 6. The molecular weight excluding hydrogens is 176 g/mol. The van der Waals surface area contributed by atoms with Crippen molar-refractivity contribution in [3.8, 4) is 0 Å². The molecule has 2 heteroatoms. The molecule has 0 aliphatic heterocycles. The van der Waals surface area contributed by atoms with Crippen LogP contribution in [0, 0.1) is 0 Å². The third kappa shape index (κ3) is 3.48. The molecule has 0 radical (unpaired) electrons. The maximum atomic E-state index is 5.54. The van der Waals surface area contributed by atoms with Gasteiger partial charge in [-0.1, -0.05) is 36.5 Å².